The molecule has 1 fully saturated rings. The number of amides is 1. The maximum absolute atomic E-state index is 12.6. The van der Waals surface area contributed by atoms with Crippen molar-refractivity contribution < 1.29 is 9.53 Å². The van der Waals surface area contributed by atoms with Crippen LogP contribution in [0.1, 0.15) is 36.0 Å². The number of nitrogens with two attached hydrogens (primary N) is 1. The standard InChI is InChI=1S/C19H22N2O2.ClH/c20-14-10-12-15(13-11-14)21-19(22)17-8-4-5-9-18(17)23-16-6-2-1-3-7-16;/h1-9,14-15H,10-13,20H2,(H,21,22);1H. The summed E-state index contributed by atoms with van der Waals surface area (Å²) in [5.41, 5.74) is 6.48. The predicted molar refractivity (Wildman–Crippen MR) is 97.9 cm³/mol. The molecule has 4 nitrogen and oxygen atoms in total. The lowest BCUT2D eigenvalue weighted by atomic mass is 9.91. The van der Waals surface area contributed by atoms with E-state index in [9.17, 15) is 4.79 Å². The van der Waals surface area contributed by atoms with E-state index in [1.807, 2.05) is 48.5 Å². The quantitative estimate of drug-likeness (QED) is 0.882. The zero-order valence-corrected chi connectivity index (χ0v) is 14.3. The van der Waals surface area contributed by atoms with Crippen molar-refractivity contribution in [2.45, 2.75) is 37.8 Å². The lowest BCUT2D eigenvalue weighted by Crippen LogP contribution is -2.40. The lowest BCUT2D eigenvalue weighted by molar-refractivity contribution is 0.0923. The number of ether oxygens (including phenoxy) is 1. The number of benzene rings is 2. The van der Waals surface area contributed by atoms with Crippen LogP contribution in [0.4, 0.5) is 0 Å². The van der Waals surface area contributed by atoms with Crippen molar-refractivity contribution in [3.63, 3.8) is 0 Å². The molecule has 128 valence electrons. The highest BCUT2D eigenvalue weighted by molar-refractivity contribution is 5.97. The second kappa shape index (κ2) is 8.71. The third-order valence-corrected chi connectivity index (χ3v) is 4.21. The lowest BCUT2D eigenvalue weighted by Gasteiger charge is -2.27. The first-order valence-electron chi connectivity index (χ1n) is 8.11. The van der Waals surface area contributed by atoms with Crippen molar-refractivity contribution >= 4 is 18.3 Å². The van der Waals surface area contributed by atoms with Gasteiger partial charge in [-0.25, -0.2) is 0 Å². The summed E-state index contributed by atoms with van der Waals surface area (Å²) in [7, 11) is 0. The zero-order valence-electron chi connectivity index (χ0n) is 13.5. The number of halogens is 1. The van der Waals surface area contributed by atoms with E-state index in [2.05, 4.69) is 5.32 Å². The van der Waals surface area contributed by atoms with Gasteiger partial charge in [0.1, 0.15) is 11.5 Å². The number of rotatable bonds is 4. The van der Waals surface area contributed by atoms with Gasteiger partial charge in [-0.3, -0.25) is 4.79 Å². The van der Waals surface area contributed by atoms with Gasteiger partial charge in [-0.15, -0.1) is 12.4 Å². The van der Waals surface area contributed by atoms with Crippen LogP contribution < -0.4 is 15.8 Å². The van der Waals surface area contributed by atoms with Gasteiger partial charge in [-0.2, -0.15) is 0 Å². The number of hydrogen-bond acceptors (Lipinski definition) is 3. The van der Waals surface area contributed by atoms with E-state index < -0.39 is 0 Å². The van der Waals surface area contributed by atoms with Crippen LogP contribution in [0, 0.1) is 0 Å². The first-order valence-corrected chi connectivity index (χ1v) is 8.11. The number of nitrogens with one attached hydrogen (secondary N) is 1. The molecule has 0 bridgehead atoms. The van der Waals surface area contributed by atoms with Gasteiger partial charge in [0.25, 0.3) is 5.91 Å². The smallest absolute Gasteiger partial charge is 0.255 e. The Bertz CT molecular complexity index is 655. The molecule has 0 heterocycles. The van der Waals surface area contributed by atoms with Crippen LogP contribution >= 0.6 is 12.4 Å². The van der Waals surface area contributed by atoms with E-state index in [0.717, 1.165) is 31.4 Å². The van der Waals surface area contributed by atoms with E-state index in [-0.39, 0.29) is 30.4 Å². The summed E-state index contributed by atoms with van der Waals surface area (Å²) in [6.07, 6.45) is 3.81. The van der Waals surface area contributed by atoms with Gasteiger partial charge in [0, 0.05) is 12.1 Å². The molecule has 0 spiro atoms. The molecule has 5 heteroatoms. The monoisotopic (exact) mass is 346 g/mol. The molecule has 1 amide bonds. The van der Waals surface area contributed by atoms with Gasteiger partial charge in [0.15, 0.2) is 0 Å². The molecule has 2 aromatic rings. The molecule has 1 aliphatic rings. The normalized spacial score (nSPS) is 19.9. The Labute approximate surface area is 148 Å². The van der Waals surface area contributed by atoms with Crippen LogP contribution in [-0.2, 0) is 0 Å². The van der Waals surface area contributed by atoms with Crippen molar-refractivity contribution in [1.29, 1.82) is 0 Å². The maximum atomic E-state index is 12.6. The molecule has 0 aliphatic heterocycles. The minimum Gasteiger partial charge on any atom is -0.457 e. The van der Waals surface area contributed by atoms with Crippen molar-refractivity contribution in [2.24, 2.45) is 5.73 Å². The summed E-state index contributed by atoms with van der Waals surface area (Å²) in [6.45, 7) is 0. The van der Waals surface area contributed by atoms with Crippen LogP contribution in [0.5, 0.6) is 11.5 Å². The molecule has 2 aromatic carbocycles. The van der Waals surface area contributed by atoms with E-state index >= 15 is 0 Å². The largest absolute Gasteiger partial charge is 0.457 e. The topological polar surface area (TPSA) is 64.3 Å². The van der Waals surface area contributed by atoms with E-state index in [1.54, 1.807) is 6.07 Å². The van der Waals surface area contributed by atoms with Crippen LogP contribution in [0.15, 0.2) is 54.6 Å². The predicted octanol–water partition coefficient (Wildman–Crippen LogP) is 3.90. The highest BCUT2D eigenvalue weighted by atomic mass is 35.5. The van der Waals surface area contributed by atoms with Crippen LogP contribution in [0.2, 0.25) is 0 Å². The van der Waals surface area contributed by atoms with E-state index in [0.29, 0.717) is 11.3 Å². The number of para-hydroxylation sites is 2. The van der Waals surface area contributed by atoms with Gasteiger partial charge in [-0.05, 0) is 49.9 Å². The minimum absolute atomic E-state index is 0. The summed E-state index contributed by atoms with van der Waals surface area (Å²) in [6, 6.07) is 17.3. The Kier molecular flexibility index (Phi) is 6.64. The van der Waals surface area contributed by atoms with Crippen molar-refractivity contribution in [1.82, 2.24) is 5.32 Å². The molecule has 1 saturated carbocycles. The fourth-order valence-corrected chi connectivity index (χ4v) is 2.89. The van der Waals surface area contributed by atoms with Gasteiger partial charge < -0.3 is 15.8 Å². The molecule has 0 radical (unpaired) electrons. The van der Waals surface area contributed by atoms with Gasteiger partial charge in [0.05, 0.1) is 5.56 Å². The van der Waals surface area contributed by atoms with Crippen molar-refractivity contribution in [3.8, 4) is 11.5 Å². The Morgan fingerprint density at radius 3 is 2.29 bits per heavy atom. The Morgan fingerprint density at radius 1 is 0.958 bits per heavy atom. The van der Waals surface area contributed by atoms with Crippen molar-refractivity contribution in [2.75, 3.05) is 0 Å². The fraction of sp³-hybridized carbons (Fsp3) is 0.316. The maximum Gasteiger partial charge on any atom is 0.255 e. The van der Waals surface area contributed by atoms with E-state index in [4.69, 9.17) is 10.5 Å². The summed E-state index contributed by atoms with van der Waals surface area (Å²) in [5.74, 6) is 1.21. The summed E-state index contributed by atoms with van der Waals surface area (Å²) in [4.78, 5) is 12.6. The van der Waals surface area contributed by atoms with Crippen LogP contribution in [0.25, 0.3) is 0 Å². The summed E-state index contributed by atoms with van der Waals surface area (Å²) in [5, 5.41) is 3.11. The molecule has 0 saturated heterocycles. The minimum atomic E-state index is -0.0861. The Balaban J connectivity index is 0.00000208. The van der Waals surface area contributed by atoms with Crippen LogP contribution in [0.3, 0.4) is 0 Å². The Morgan fingerprint density at radius 2 is 1.58 bits per heavy atom. The van der Waals surface area contributed by atoms with Gasteiger partial charge in [0.2, 0.25) is 0 Å². The molecular formula is C19H23ClN2O2. The van der Waals surface area contributed by atoms with Crippen LogP contribution in [-0.4, -0.2) is 18.0 Å². The molecule has 0 unspecified atom stereocenters. The number of carbonyl (C=O) groups is 1. The number of carbonyl (C=O) groups excluding carboxylic acids is 1. The molecule has 3 rings (SSSR count). The average molecular weight is 347 g/mol. The second-order valence-corrected chi connectivity index (χ2v) is 6.00. The third-order valence-electron chi connectivity index (χ3n) is 4.21. The Hall–Kier alpha value is -2.04. The average Bonchev–Trinajstić information content (AvgIpc) is 2.58. The first-order chi connectivity index (χ1) is 11.2. The van der Waals surface area contributed by atoms with E-state index in [1.165, 1.54) is 0 Å². The molecule has 3 N–H and O–H groups in total. The number of hydrogen-bond donors (Lipinski definition) is 2. The third kappa shape index (κ3) is 4.73. The summed E-state index contributed by atoms with van der Waals surface area (Å²) >= 11 is 0. The molecule has 1 aliphatic carbocycles. The molecule has 0 aromatic heterocycles. The molecule has 0 atom stereocenters. The highest BCUT2D eigenvalue weighted by Gasteiger charge is 2.22. The van der Waals surface area contributed by atoms with Gasteiger partial charge in [-0.1, -0.05) is 30.3 Å². The van der Waals surface area contributed by atoms with Gasteiger partial charge >= 0.3 is 0 Å². The highest BCUT2D eigenvalue weighted by Crippen LogP contribution is 2.25. The zero-order chi connectivity index (χ0) is 16.1. The first kappa shape index (κ1) is 18.3. The summed E-state index contributed by atoms with van der Waals surface area (Å²) < 4.78 is 5.86. The molecule has 24 heavy (non-hydrogen) atoms. The van der Waals surface area contributed by atoms with Crippen molar-refractivity contribution in [3.05, 3.63) is 60.2 Å². The SMILES string of the molecule is Cl.NC1CCC(NC(=O)c2ccccc2Oc2ccccc2)CC1. The molecular weight excluding hydrogens is 324 g/mol. The fourth-order valence-electron chi connectivity index (χ4n) is 2.89. The second-order valence-electron chi connectivity index (χ2n) is 6.00.